The van der Waals surface area contributed by atoms with Crippen molar-refractivity contribution < 1.29 is 4.79 Å². The molecule has 0 saturated heterocycles. The van der Waals surface area contributed by atoms with Gasteiger partial charge >= 0.3 is 0 Å². The van der Waals surface area contributed by atoms with Gasteiger partial charge in [-0.3, -0.25) is 10.1 Å². The van der Waals surface area contributed by atoms with Crippen LogP contribution in [0.2, 0.25) is 0 Å². The number of rotatable bonds is 4. The van der Waals surface area contributed by atoms with Gasteiger partial charge in [0.1, 0.15) is 17.0 Å². The van der Waals surface area contributed by atoms with Gasteiger partial charge in [-0.2, -0.15) is 0 Å². The largest absolute Gasteiger partial charge is 0.288 e. The Kier molecular flexibility index (Phi) is 4.41. The number of benzene rings is 1. The molecule has 3 heterocycles. The molecule has 3 aromatic heterocycles. The van der Waals surface area contributed by atoms with E-state index in [1.165, 1.54) is 11.3 Å². The highest BCUT2D eigenvalue weighted by Gasteiger charge is 2.19. The molecule has 1 amide bonds. The fraction of sp³-hybridized carbons (Fsp3) is 0.211. The third-order valence-corrected chi connectivity index (χ3v) is 5.42. The van der Waals surface area contributed by atoms with Crippen LogP contribution in [0.25, 0.3) is 10.2 Å². The van der Waals surface area contributed by atoms with E-state index in [4.69, 9.17) is 0 Å². The summed E-state index contributed by atoms with van der Waals surface area (Å²) in [7, 11) is 0. The smallest absolute Gasteiger partial charge is 0.268 e. The molecule has 8 heteroatoms. The summed E-state index contributed by atoms with van der Waals surface area (Å²) >= 11 is 1.36. The van der Waals surface area contributed by atoms with E-state index in [1.54, 1.807) is 11.0 Å². The number of hydrogen-bond donors (Lipinski definition) is 1. The Morgan fingerprint density at radius 3 is 2.70 bits per heavy atom. The zero-order valence-corrected chi connectivity index (χ0v) is 16.0. The van der Waals surface area contributed by atoms with Crippen molar-refractivity contribution in [3.63, 3.8) is 0 Å². The topological polar surface area (TPSA) is 85.6 Å². The van der Waals surface area contributed by atoms with Gasteiger partial charge in [0.05, 0.1) is 11.4 Å². The van der Waals surface area contributed by atoms with E-state index >= 15 is 0 Å². The summed E-state index contributed by atoms with van der Waals surface area (Å²) in [5.74, 6) is 0.756. The molecule has 4 rings (SSSR count). The van der Waals surface area contributed by atoms with Crippen LogP contribution in [0.4, 0.5) is 5.95 Å². The number of aryl methyl sites for hydroxylation is 3. The lowest BCUT2D eigenvalue weighted by atomic mass is 10.1. The van der Waals surface area contributed by atoms with Crippen molar-refractivity contribution in [3.05, 3.63) is 64.2 Å². The molecule has 0 atom stereocenters. The first-order chi connectivity index (χ1) is 13.0. The molecular formula is C19H18N6OS. The van der Waals surface area contributed by atoms with Crippen molar-refractivity contribution in [1.29, 1.82) is 0 Å². The molecule has 0 aliphatic heterocycles. The summed E-state index contributed by atoms with van der Waals surface area (Å²) in [5, 5.41) is 8.06. The molecule has 0 radical (unpaired) electrons. The predicted molar refractivity (Wildman–Crippen MR) is 105 cm³/mol. The lowest BCUT2D eigenvalue weighted by Gasteiger charge is -2.01. The molecule has 0 aliphatic carbocycles. The number of aromatic nitrogens is 5. The van der Waals surface area contributed by atoms with Crippen LogP contribution in [0.15, 0.2) is 36.7 Å². The van der Waals surface area contributed by atoms with Crippen LogP contribution in [-0.2, 0) is 6.54 Å². The van der Waals surface area contributed by atoms with E-state index in [0.29, 0.717) is 17.2 Å². The van der Waals surface area contributed by atoms with Crippen molar-refractivity contribution >= 4 is 33.4 Å². The lowest BCUT2D eigenvalue weighted by Crippen LogP contribution is -2.13. The van der Waals surface area contributed by atoms with E-state index in [0.717, 1.165) is 27.0 Å². The SMILES string of the molecule is Cc1nc(C)c2c(C)c(C(=O)Nc3ncn(Cc4ccccc4)n3)sc2n1. The molecule has 0 bridgehead atoms. The number of fused-ring (bicyclic) bond motifs is 1. The molecular weight excluding hydrogens is 360 g/mol. The first kappa shape index (κ1) is 17.3. The molecule has 0 aliphatic rings. The molecule has 4 aromatic rings. The first-order valence-corrected chi connectivity index (χ1v) is 9.32. The van der Waals surface area contributed by atoms with E-state index in [1.807, 2.05) is 51.1 Å². The second-order valence-corrected chi connectivity index (χ2v) is 7.30. The van der Waals surface area contributed by atoms with Gasteiger partial charge in [0, 0.05) is 11.1 Å². The van der Waals surface area contributed by atoms with E-state index in [2.05, 4.69) is 25.4 Å². The quantitative estimate of drug-likeness (QED) is 0.587. The number of carbonyl (C=O) groups excluding carboxylic acids is 1. The van der Waals surface area contributed by atoms with Crippen molar-refractivity contribution in [3.8, 4) is 0 Å². The van der Waals surface area contributed by atoms with Crippen LogP contribution >= 0.6 is 11.3 Å². The summed E-state index contributed by atoms with van der Waals surface area (Å²) < 4.78 is 1.70. The second-order valence-electron chi connectivity index (χ2n) is 6.30. The van der Waals surface area contributed by atoms with Crippen LogP contribution in [0, 0.1) is 20.8 Å². The molecule has 1 N–H and O–H groups in total. The fourth-order valence-corrected chi connectivity index (χ4v) is 4.22. The Labute approximate surface area is 160 Å². The molecule has 7 nitrogen and oxygen atoms in total. The van der Waals surface area contributed by atoms with Crippen molar-refractivity contribution in [2.45, 2.75) is 27.3 Å². The normalized spacial score (nSPS) is 11.1. The number of nitrogens with zero attached hydrogens (tertiary/aromatic N) is 5. The van der Waals surface area contributed by atoms with Gasteiger partial charge in [0.25, 0.3) is 5.91 Å². The van der Waals surface area contributed by atoms with E-state index < -0.39 is 0 Å². The minimum atomic E-state index is -0.231. The van der Waals surface area contributed by atoms with Crippen LogP contribution in [0.3, 0.4) is 0 Å². The van der Waals surface area contributed by atoms with Crippen molar-refractivity contribution in [2.24, 2.45) is 0 Å². The Balaban J connectivity index is 1.55. The van der Waals surface area contributed by atoms with Crippen LogP contribution in [0.5, 0.6) is 0 Å². The number of anilines is 1. The van der Waals surface area contributed by atoms with Crippen molar-refractivity contribution in [2.75, 3.05) is 5.32 Å². The van der Waals surface area contributed by atoms with Gasteiger partial charge in [-0.1, -0.05) is 30.3 Å². The summed E-state index contributed by atoms with van der Waals surface area (Å²) in [5.41, 5.74) is 2.88. The second kappa shape index (κ2) is 6.88. The van der Waals surface area contributed by atoms with Crippen LogP contribution in [-0.4, -0.2) is 30.6 Å². The Morgan fingerprint density at radius 1 is 1.15 bits per heavy atom. The molecule has 1 aromatic carbocycles. The third kappa shape index (κ3) is 3.43. The highest BCUT2D eigenvalue weighted by atomic mass is 32.1. The monoisotopic (exact) mass is 378 g/mol. The third-order valence-electron chi connectivity index (χ3n) is 4.24. The zero-order chi connectivity index (χ0) is 19.0. The van der Waals surface area contributed by atoms with E-state index in [9.17, 15) is 4.79 Å². The van der Waals surface area contributed by atoms with Gasteiger partial charge in [-0.15, -0.1) is 16.4 Å². The average molecular weight is 378 g/mol. The first-order valence-electron chi connectivity index (χ1n) is 8.50. The van der Waals surface area contributed by atoms with Gasteiger partial charge < -0.3 is 0 Å². The highest BCUT2D eigenvalue weighted by Crippen LogP contribution is 2.31. The van der Waals surface area contributed by atoms with Gasteiger partial charge in [-0.25, -0.2) is 19.6 Å². The summed E-state index contributed by atoms with van der Waals surface area (Å²) in [6.07, 6.45) is 1.61. The van der Waals surface area contributed by atoms with Crippen LogP contribution < -0.4 is 5.32 Å². The zero-order valence-electron chi connectivity index (χ0n) is 15.2. The molecule has 136 valence electrons. The number of carbonyl (C=O) groups is 1. The van der Waals surface area contributed by atoms with Gasteiger partial charge in [0.2, 0.25) is 5.95 Å². The van der Waals surface area contributed by atoms with Crippen LogP contribution in [0.1, 0.15) is 32.3 Å². The van der Waals surface area contributed by atoms with Gasteiger partial charge in [-0.05, 0) is 31.9 Å². The number of nitrogens with one attached hydrogen (secondary N) is 1. The maximum atomic E-state index is 12.7. The highest BCUT2D eigenvalue weighted by molar-refractivity contribution is 7.20. The number of thiophene rings is 1. The Morgan fingerprint density at radius 2 is 1.93 bits per heavy atom. The Bertz CT molecular complexity index is 1130. The molecule has 0 saturated carbocycles. The minimum absolute atomic E-state index is 0.231. The molecule has 0 unspecified atom stereocenters. The number of hydrogen-bond acceptors (Lipinski definition) is 6. The molecule has 0 fully saturated rings. The molecule has 0 spiro atoms. The maximum Gasteiger partial charge on any atom is 0.268 e. The molecule has 27 heavy (non-hydrogen) atoms. The van der Waals surface area contributed by atoms with Gasteiger partial charge in [0.15, 0.2) is 0 Å². The fourth-order valence-electron chi connectivity index (χ4n) is 3.05. The average Bonchev–Trinajstić information content (AvgIpc) is 3.20. The standard InChI is InChI=1S/C19H18N6OS/c1-11-15-12(2)21-13(3)22-18(15)27-16(11)17(26)23-19-20-10-25(24-19)9-14-7-5-4-6-8-14/h4-8,10H,9H2,1-3H3,(H,23,24,26). The lowest BCUT2D eigenvalue weighted by molar-refractivity contribution is 0.102. The maximum absolute atomic E-state index is 12.7. The summed E-state index contributed by atoms with van der Waals surface area (Å²) in [6, 6.07) is 9.96. The minimum Gasteiger partial charge on any atom is -0.288 e. The summed E-state index contributed by atoms with van der Waals surface area (Å²) in [6.45, 7) is 6.30. The van der Waals surface area contributed by atoms with Crippen molar-refractivity contribution in [1.82, 2.24) is 24.7 Å². The number of amides is 1. The van der Waals surface area contributed by atoms with E-state index in [-0.39, 0.29) is 11.9 Å². The predicted octanol–water partition coefficient (Wildman–Crippen LogP) is 3.51. The summed E-state index contributed by atoms with van der Waals surface area (Å²) in [4.78, 5) is 27.2. The Hall–Kier alpha value is -3.13.